The Labute approximate surface area is 160 Å². The minimum Gasteiger partial charge on any atom is -0.493 e. The zero-order valence-electron chi connectivity index (χ0n) is 14.2. The van der Waals surface area contributed by atoms with Gasteiger partial charge >= 0.3 is 0 Å². The predicted molar refractivity (Wildman–Crippen MR) is 102 cm³/mol. The molecule has 25 heavy (non-hydrogen) atoms. The van der Waals surface area contributed by atoms with E-state index in [4.69, 9.17) is 21.7 Å². The lowest BCUT2D eigenvalue weighted by Crippen LogP contribution is -2.48. The van der Waals surface area contributed by atoms with Gasteiger partial charge in [-0.15, -0.1) is 0 Å². The molecule has 2 amide bonds. The lowest BCUT2D eigenvalue weighted by atomic mass is 10.2. The molecule has 1 rings (SSSR count). The zero-order chi connectivity index (χ0) is 18.7. The fourth-order valence-electron chi connectivity index (χ4n) is 1.72. The van der Waals surface area contributed by atoms with Gasteiger partial charge in [0.25, 0.3) is 5.91 Å². The molecule has 0 unspecified atom stereocenters. The van der Waals surface area contributed by atoms with E-state index < -0.39 is 5.91 Å². The fraction of sp³-hybridized carbons (Fsp3) is 0.438. The van der Waals surface area contributed by atoms with Gasteiger partial charge < -0.3 is 9.47 Å². The van der Waals surface area contributed by atoms with Crippen LogP contribution in [0, 0.1) is 0 Å². The summed E-state index contributed by atoms with van der Waals surface area (Å²) < 4.78 is 11.4. The molecule has 0 aliphatic heterocycles. The summed E-state index contributed by atoms with van der Waals surface area (Å²) in [6.45, 7) is 5.19. The van der Waals surface area contributed by atoms with E-state index in [1.165, 1.54) is 0 Å². The molecule has 0 spiro atoms. The molecule has 1 aromatic rings. The molecule has 3 N–H and O–H groups in total. The van der Waals surface area contributed by atoms with E-state index in [0.29, 0.717) is 31.1 Å². The number of hydrogen-bond donors (Lipinski definition) is 3. The largest absolute Gasteiger partial charge is 0.493 e. The second kappa shape index (κ2) is 11.8. The van der Waals surface area contributed by atoms with Crippen molar-refractivity contribution in [2.45, 2.75) is 26.7 Å². The topological polar surface area (TPSA) is 88.7 Å². The summed E-state index contributed by atoms with van der Waals surface area (Å²) in [6.07, 6.45) is 1.02. The van der Waals surface area contributed by atoms with E-state index >= 15 is 0 Å². The van der Waals surface area contributed by atoms with Crippen LogP contribution in [-0.4, -0.2) is 36.7 Å². The number of amides is 2. The Balaban J connectivity index is 2.56. The lowest BCUT2D eigenvalue weighted by Gasteiger charge is -2.13. The molecule has 7 nitrogen and oxygen atoms in total. The van der Waals surface area contributed by atoms with E-state index in [9.17, 15) is 9.59 Å². The van der Waals surface area contributed by atoms with Gasteiger partial charge in [0.1, 0.15) is 5.75 Å². The number of ether oxygens (including phenoxy) is 2. The highest BCUT2D eigenvalue weighted by molar-refractivity contribution is 9.10. The maximum absolute atomic E-state index is 12.4. The summed E-state index contributed by atoms with van der Waals surface area (Å²) >= 11 is 8.33. The maximum atomic E-state index is 12.4. The highest BCUT2D eigenvalue weighted by atomic mass is 79.9. The SMILES string of the molecule is CCCOc1ccc(Br)cc1C(=O)NC(=S)NNC(=O)CCOCC. The number of nitrogens with one attached hydrogen (secondary N) is 3. The molecule has 0 bridgehead atoms. The second-order valence-corrected chi connectivity index (χ2v) is 6.22. The number of carbonyl (C=O) groups is 2. The average Bonchev–Trinajstić information content (AvgIpc) is 2.59. The third kappa shape index (κ3) is 8.28. The maximum Gasteiger partial charge on any atom is 0.261 e. The Bertz CT molecular complexity index is 613. The molecule has 0 radical (unpaired) electrons. The quantitative estimate of drug-likeness (QED) is 0.332. The van der Waals surface area contributed by atoms with Gasteiger partial charge in [0.2, 0.25) is 5.91 Å². The first-order chi connectivity index (χ1) is 12.0. The minimum atomic E-state index is -0.437. The van der Waals surface area contributed by atoms with Crippen LogP contribution in [0.25, 0.3) is 0 Å². The highest BCUT2D eigenvalue weighted by Crippen LogP contribution is 2.23. The minimum absolute atomic E-state index is 0.0174. The van der Waals surface area contributed by atoms with Gasteiger partial charge in [-0.25, -0.2) is 0 Å². The van der Waals surface area contributed by atoms with Gasteiger partial charge in [0, 0.05) is 11.1 Å². The Morgan fingerprint density at radius 3 is 2.64 bits per heavy atom. The van der Waals surface area contributed by atoms with Crippen LogP contribution in [0.5, 0.6) is 5.75 Å². The first kappa shape index (κ1) is 21.3. The number of benzene rings is 1. The van der Waals surface area contributed by atoms with Crippen molar-refractivity contribution >= 4 is 45.1 Å². The molecule has 1 aromatic carbocycles. The second-order valence-electron chi connectivity index (χ2n) is 4.89. The Morgan fingerprint density at radius 2 is 1.96 bits per heavy atom. The summed E-state index contributed by atoms with van der Waals surface area (Å²) in [5.74, 6) is -0.265. The molecule has 0 aliphatic carbocycles. The van der Waals surface area contributed by atoms with E-state index in [1.807, 2.05) is 13.8 Å². The van der Waals surface area contributed by atoms with E-state index in [-0.39, 0.29) is 17.4 Å². The van der Waals surface area contributed by atoms with Gasteiger partial charge in [0.15, 0.2) is 5.11 Å². The van der Waals surface area contributed by atoms with E-state index in [1.54, 1.807) is 18.2 Å². The predicted octanol–water partition coefficient (Wildman–Crippen LogP) is 2.30. The molecule has 9 heteroatoms. The van der Waals surface area contributed by atoms with Crippen molar-refractivity contribution in [1.29, 1.82) is 0 Å². The third-order valence-corrected chi connectivity index (χ3v) is 3.57. The Hall–Kier alpha value is -1.71. The standard InChI is InChI=1S/C16H22BrN3O4S/c1-3-8-24-13-6-5-11(17)10-12(13)15(22)18-16(25)20-19-14(21)7-9-23-4-2/h5-6,10H,3-4,7-9H2,1-2H3,(H,19,21)(H2,18,20,22,25). The number of halogens is 1. The van der Waals surface area contributed by atoms with Crippen molar-refractivity contribution in [3.05, 3.63) is 28.2 Å². The molecule has 0 saturated heterocycles. The van der Waals surface area contributed by atoms with Gasteiger partial charge in [0.05, 0.1) is 25.2 Å². The number of hydrogen-bond acceptors (Lipinski definition) is 5. The Kier molecular flexibility index (Phi) is 10.0. The van der Waals surface area contributed by atoms with Crippen molar-refractivity contribution in [3.63, 3.8) is 0 Å². The van der Waals surface area contributed by atoms with Crippen LogP contribution in [0.3, 0.4) is 0 Å². The van der Waals surface area contributed by atoms with Gasteiger partial charge in [-0.3, -0.25) is 25.8 Å². The molecule has 0 fully saturated rings. The number of rotatable bonds is 8. The van der Waals surface area contributed by atoms with Crippen LogP contribution in [0.2, 0.25) is 0 Å². The molecule has 0 aromatic heterocycles. The van der Waals surface area contributed by atoms with Crippen LogP contribution < -0.4 is 20.9 Å². The number of hydrazine groups is 1. The van der Waals surface area contributed by atoms with Crippen molar-refractivity contribution < 1.29 is 19.1 Å². The summed E-state index contributed by atoms with van der Waals surface area (Å²) in [6, 6.07) is 5.14. The Morgan fingerprint density at radius 1 is 1.20 bits per heavy atom. The number of thiocarbonyl (C=S) groups is 1. The molecule has 0 aliphatic rings. The van der Waals surface area contributed by atoms with Gasteiger partial charge in [-0.05, 0) is 43.8 Å². The first-order valence-corrected chi connectivity index (χ1v) is 9.08. The highest BCUT2D eigenvalue weighted by Gasteiger charge is 2.15. The monoisotopic (exact) mass is 431 g/mol. The van der Waals surface area contributed by atoms with E-state index in [2.05, 4.69) is 32.1 Å². The van der Waals surface area contributed by atoms with Crippen LogP contribution in [0.4, 0.5) is 0 Å². The molecular formula is C16H22BrN3O4S. The van der Waals surface area contributed by atoms with Crippen LogP contribution >= 0.6 is 28.1 Å². The van der Waals surface area contributed by atoms with E-state index in [0.717, 1.165) is 10.9 Å². The fourth-order valence-corrected chi connectivity index (χ4v) is 2.22. The summed E-state index contributed by atoms with van der Waals surface area (Å²) in [5, 5.41) is 2.48. The van der Waals surface area contributed by atoms with Gasteiger partial charge in [-0.2, -0.15) is 0 Å². The molecule has 138 valence electrons. The molecule has 0 saturated carbocycles. The average molecular weight is 432 g/mol. The third-order valence-electron chi connectivity index (χ3n) is 2.87. The van der Waals surface area contributed by atoms with Crippen molar-refractivity contribution in [2.75, 3.05) is 19.8 Å². The molecule has 0 heterocycles. The van der Waals surface area contributed by atoms with Crippen molar-refractivity contribution in [1.82, 2.24) is 16.2 Å². The van der Waals surface area contributed by atoms with Crippen molar-refractivity contribution in [3.8, 4) is 5.75 Å². The van der Waals surface area contributed by atoms with Crippen LogP contribution in [-0.2, 0) is 9.53 Å². The number of carbonyl (C=O) groups excluding carboxylic acids is 2. The molecular weight excluding hydrogens is 410 g/mol. The summed E-state index contributed by atoms with van der Waals surface area (Å²) in [4.78, 5) is 23.9. The summed E-state index contributed by atoms with van der Waals surface area (Å²) in [7, 11) is 0. The van der Waals surface area contributed by atoms with Crippen LogP contribution in [0.15, 0.2) is 22.7 Å². The first-order valence-electron chi connectivity index (χ1n) is 7.88. The van der Waals surface area contributed by atoms with Gasteiger partial charge in [-0.1, -0.05) is 22.9 Å². The normalized spacial score (nSPS) is 10.0. The van der Waals surface area contributed by atoms with Crippen molar-refractivity contribution in [2.24, 2.45) is 0 Å². The molecule has 0 atom stereocenters. The lowest BCUT2D eigenvalue weighted by molar-refractivity contribution is -0.122. The summed E-state index contributed by atoms with van der Waals surface area (Å²) in [5.41, 5.74) is 5.21. The zero-order valence-corrected chi connectivity index (χ0v) is 16.6. The van der Waals surface area contributed by atoms with Crippen LogP contribution in [0.1, 0.15) is 37.0 Å². The smallest absolute Gasteiger partial charge is 0.261 e.